The van der Waals surface area contributed by atoms with Gasteiger partial charge in [-0.05, 0) is 24.6 Å². The molecule has 1 unspecified atom stereocenters. The molecule has 0 saturated heterocycles. The Hall–Kier alpha value is -1.94. The molecule has 2 aromatic carbocycles. The summed E-state index contributed by atoms with van der Waals surface area (Å²) in [7, 11) is -1.28. The van der Waals surface area contributed by atoms with Crippen molar-refractivity contribution in [1.82, 2.24) is 0 Å². The summed E-state index contributed by atoms with van der Waals surface area (Å²) in [5.41, 5.74) is 7.73. The third-order valence-electron chi connectivity index (χ3n) is 2.78. The molecule has 0 aromatic heterocycles. The standard InChI is InChI=1S/C15H15NO2S/c1-11-5-4-6-12(9-11)10-19(18)14-8-3-2-7-13(14)15(16)17/h2-9H,10H2,1H3,(H2,16,17). The SMILES string of the molecule is Cc1cccc(CS(=O)c2ccccc2C(N)=O)c1. The predicted octanol–water partition coefficient (Wildman–Crippen LogP) is 2.40. The van der Waals surface area contributed by atoms with Crippen LogP contribution < -0.4 is 5.73 Å². The highest BCUT2D eigenvalue weighted by Gasteiger charge is 2.13. The Bertz CT molecular complexity index is 638. The zero-order valence-electron chi connectivity index (χ0n) is 10.6. The fraction of sp³-hybridized carbons (Fsp3) is 0.133. The van der Waals surface area contributed by atoms with E-state index in [1.807, 2.05) is 31.2 Å². The van der Waals surface area contributed by atoms with Gasteiger partial charge in [0, 0.05) is 0 Å². The average Bonchev–Trinajstić information content (AvgIpc) is 2.38. The molecule has 0 aliphatic carbocycles. The summed E-state index contributed by atoms with van der Waals surface area (Å²) in [6.45, 7) is 1.99. The first-order valence-electron chi connectivity index (χ1n) is 5.90. The van der Waals surface area contributed by atoms with E-state index in [4.69, 9.17) is 5.73 Å². The van der Waals surface area contributed by atoms with Crippen LogP contribution in [-0.4, -0.2) is 10.1 Å². The van der Waals surface area contributed by atoms with Gasteiger partial charge in [-0.25, -0.2) is 0 Å². The second-order valence-corrected chi connectivity index (χ2v) is 5.76. The number of aryl methyl sites for hydroxylation is 1. The fourth-order valence-electron chi connectivity index (χ4n) is 1.90. The van der Waals surface area contributed by atoms with Crippen LogP contribution in [0.4, 0.5) is 0 Å². The first-order valence-corrected chi connectivity index (χ1v) is 7.22. The van der Waals surface area contributed by atoms with E-state index in [9.17, 15) is 9.00 Å². The van der Waals surface area contributed by atoms with Gasteiger partial charge in [0.15, 0.2) is 0 Å². The first kappa shape index (κ1) is 13.5. The van der Waals surface area contributed by atoms with Crippen molar-refractivity contribution >= 4 is 16.7 Å². The lowest BCUT2D eigenvalue weighted by Crippen LogP contribution is -2.14. The second kappa shape index (κ2) is 5.80. The van der Waals surface area contributed by atoms with E-state index >= 15 is 0 Å². The minimum absolute atomic E-state index is 0.327. The molecule has 0 aliphatic rings. The molecule has 0 spiro atoms. The topological polar surface area (TPSA) is 60.2 Å². The number of hydrogen-bond donors (Lipinski definition) is 1. The highest BCUT2D eigenvalue weighted by molar-refractivity contribution is 7.84. The van der Waals surface area contributed by atoms with Gasteiger partial charge >= 0.3 is 0 Å². The number of nitrogens with two attached hydrogens (primary N) is 1. The summed E-state index contributed by atoms with van der Waals surface area (Å²) in [4.78, 5) is 11.8. The summed E-state index contributed by atoms with van der Waals surface area (Å²) < 4.78 is 12.4. The Morgan fingerprint density at radius 1 is 1.16 bits per heavy atom. The quantitative estimate of drug-likeness (QED) is 0.930. The lowest BCUT2D eigenvalue weighted by molar-refractivity contribution is 0.0997. The van der Waals surface area contributed by atoms with E-state index < -0.39 is 16.7 Å². The van der Waals surface area contributed by atoms with Crippen LogP contribution in [0, 0.1) is 6.92 Å². The van der Waals surface area contributed by atoms with Gasteiger partial charge in [0.05, 0.1) is 27.0 Å². The summed E-state index contributed by atoms with van der Waals surface area (Å²) in [5.74, 6) is -0.167. The van der Waals surface area contributed by atoms with Crippen molar-refractivity contribution in [2.45, 2.75) is 17.6 Å². The van der Waals surface area contributed by atoms with E-state index in [0.717, 1.165) is 11.1 Å². The lowest BCUT2D eigenvalue weighted by atomic mass is 10.2. The second-order valence-electron chi connectivity index (χ2n) is 4.34. The molecule has 0 saturated carbocycles. The van der Waals surface area contributed by atoms with Crippen molar-refractivity contribution in [3.63, 3.8) is 0 Å². The molecule has 0 heterocycles. The van der Waals surface area contributed by atoms with E-state index in [1.54, 1.807) is 24.3 Å². The maximum atomic E-state index is 12.4. The Morgan fingerprint density at radius 2 is 1.89 bits per heavy atom. The summed E-state index contributed by atoms with van der Waals surface area (Å²) >= 11 is 0. The molecule has 98 valence electrons. The van der Waals surface area contributed by atoms with Crippen LogP contribution >= 0.6 is 0 Å². The third kappa shape index (κ3) is 3.29. The van der Waals surface area contributed by atoms with Crippen molar-refractivity contribution in [1.29, 1.82) is 0 Å². The van der Waals surface area contributed by atoms with Crippen molar-refractivity contribution < 1.29 is 9.00 Å². The van der Waals surface area contributed by atoms with Crippen LogP contribution in [-0.2, 0) is 16.6 Å². The smallest absolute Gasteiger partial charge is 0.249 e. The average molecular weight is 273 g/mol. The maximum absolute atomic E-state index is 12.4. The molecule has 3 nitrogen and oxygen atoms in total. The van der Waals surface area contributed by atoms with Crippen molar-refractivity contribution in [2.75, 3.05) is 0 Å². The first-order chi connectivity index (χ1) is 9.08. The van der Waals surface area contributed by atoms with Gasteiger partial charge in [-0.15, -0.1) is 0 Å². The highest BCUT2D eigenvalue weighted by atomic mass is 32.2. The van der Waals surface area contributed by atoms with Gasteiger partial charge in [-0.2, -0.15) is 0 Å². The molecular weight excluding hydrogens is 258 g/mol. The van der Waals surface area contributed by atoms with Gasteiger partial charge in [-0.1, -0.05) is 42.0 Å². The van der Waals surface area contributed by atoms with Gasteiger partial charge in [0.1, 0.15) is 0 Å². The molecule has 19 heavy (non-hydrogen) atoms. The van der Waals surface area contributed by atoms with E-state index in [-0.39, 0.29) is 0 Å². The number of carbonyl (C=O) groups excluding carboxylic acids is 1. The summed E-state index contributed by atoms with van der Waals surface area (Å²) in [6, 6.07) is 14.6. The predicted molar refractivity (Wildman–Crippen MR) is 76.3 cm³/mol. The van der Waals surface area contributed by atoms with Crippen LogP contribution in [0.2, 0.25) is 0 Å². The van der Waals surface area contributed by atoms with E-state index in [0.29, 0.717) is 16.2 Å². The number of hydrogen-bond acceptors (Lipinski definition) is 2. The molecule has 0 bridgehead atoms. The number of carbonyl (C=O) groups is 1. The molecule has 4 heteroatoms. The molecular formula is C15H15NO2S. The molecule has 0 radical (unpaired) electrons. The Kier molecular flexibility index (Phi) is 4.12. The molecule has 0 aliphatic heterocycles. The molecule has 2 rings (SSSR count). The van der Waals surface area contributed by atoms with Crippen LogP contribution in [0.5, 0.6) is 0 Å². The molecule has 0 fully saturated rings. The van der Waals surface area contributed by atoms with Crippen LogP contribution in [0.3, 0.4) is 0 Å². The van der Waals surface area contributed by atoms with Crippen molar-refractivity contribution in [3.8, 4) is 0 Å². The number of amides is 1. The Balaban J connectivity index is 2.28. The molecule has 2 aromatic rings. The fourth-order valence-corrected chi connectivity index (χ4v) is 3.18. The lowest BCUT2D eigenvalue weighted by Gasteiger charge is -2.07. The highest BCUT2D eigenvalue weighted by Crippen LogP contribution is 2.17. The molecule has 2 N–H and O–H groups in total. The maximum Gasteiger partial charge on any atom is 0.249 e. The van der Waals surface area contributed by atoms with Gasteiger partial charge < -0.3 is 5.73 Å². The number of benzene rings is 2. The Morgan fingerprint density at radius 3 is 2.58 bits per heavy atom. The van der Waals surface area contributed by atoms with Crippen molar-refractivity contribution in [3.05, 3.63) is 65.2 Å². The number of rotatable bonds is 4. The van der Waals surface area contributed by atoms with Gasteiger partial charge in [0.2, 0.25) is 5.91 Å². The van der Waals surface area contributed by atoms with Crippen LogP contribution in [0.1, 0.15) is 21.5 Å². The Labute approximate surface area is 114 Å². The zero-order valence-corrected chi connectivity index (χ0v) is 11.4. The third-order valence-corrected chi connectivity index (χ3v) is 4.22. The van der Waals surface area contributed by atoms with Gasteiger partial charge in [-0.3, -0.25) is 9.00 Å². The summed E-state index contributed by atoms with van der Waals surface area (Å²) in [5, 5.41) is 0. The van der Waals surface area contributed by atoms with Crippen LogP contribution in [0.25, 0.3) is 0 Å². The monoisotopic (exact) mass is 273 g/mol. The largest absolute Gasteiger partial charge is 0.366 e. The zero-order chi connectivity index (χ0) is 13.8. The van der Waals surface area contributed by atoms with Crippen LogP contribution in [0.15, 0.2) is 53.4 Å². The minimum atomic E-state index is -1.28. The summed E-state index contributed by atoms with van der Waals surface area (Å²) in [6.07, 6.45) is 0. The molecule has 1 amide bonds. The van der Waals surface area contributed by atoms with Gasteiger partial charge in [0.25, 0.3) is 0 Å². The van der Waals surface area contributed by atoms with E-state index in [1.165, 1.54) is 0 Å². The normalized spacial score (nSPS) is 12.1. The number of primary amides is 1. The van der Waals surface area contributed by atoms with E-state index in [2.05, 4.69) is 0 Å². The minimum Gasteiger partial charge on any atom is -0.366 e. The molecule has 1 atom stereocenters. The van der Waals surface area contributed by atoms with Crippen molar-refractivity contribution in [2.24, 2.45) is 5.73 Å².